The molecule has 0 fully saturated rings. The predicted octanol–water partition coefficient (Wildman–Crippen LogP) is 0.501. The topological polar surface area (TPSA) is 86.3 Å². The standard InChI is InChI=1S/C10H19N3O3S/c1-9-11-8-10(12-9)17(15,16)13(2)6-4-3-5-7-14/h8,14H,3-7H2,1-2H3,(H,11,12). The fraction of sp³-hybridized carbons (Fsp3) is 0.700. The van der Waals surface area contributed by atoms with Crippen molar-refractivity contribution in [1.29, 1.82) is 0 Å². The number of nitrogens with one attached hydrogen (secondary N) is 1. The van der Waals surface area contributed by atoms with Crippen LogP contribution >= 0.6 is 0 Å². The molecule has 7 heteroatoms. The number of hydrogen-bond donors (Lipinski definition) is 2. The van der Waals surface area contributed by atoms with Gasteiger partial charge in [-0.05, 0) is 26.2 Å². The number of aromatic nitrogens is 2. The van der Waals surface area contributed by atoms with Crippen LogP contribution in [0.15, 0.2) is 11.2 Å². The highest BCUT2D eigenvalue weighted by atomic mass is 32.2. The number of aliphatic hydroxyl groups excluding tert-OH is 1. The zero-order valence-corrected chi connectivity index (χ0v) is 11.0. The lowest BCUT2D eigenvalue weighted by molar-refractivity contribution is 0.281. The number of imidazole rings is 1. The molecule has 0 aliphatic heterocycles. The molecule has 1 rings (SSSR count). The Morgan fingerprint density at radius 2 is 2.12 bits per heavy atom. The summed E-state index contributed by atoms with van der Waals surface area (Å²) in [6, 6.07) is 0. The number of hydrogen-bond acceptors (Lipinski definition) is 4. The second-order valence-electron chi connectivity index (χ2n) is 3.94. The smallest absolute Gasteiger partial charge is 0.259 e. The van der Waals surface area contributed by atoms with E-state index < -0.39 is 10.0 Å². The lowest BCUT2D eigenvalue weighted by Crippen LogP contribution is -2.28. The molecule has 0 amide bonds. The van der Waals surface area contributed by atoms with Gasteiger partial charge in [-0.2, -0.15) is 4.31 Å². The van der Waals surface area contributed by atoms with Gasteiger partial charge in [0.2, 0.25) is 0 Å². The van der Waals surface area contributed by atoms with Gasteiger partial charge >= 0.3 is 0 Å². The Bertz CT molecular complexity index is 441. The van der Waals surface area contributed by atoms with E-state index in [0.717, 1.165) is 12.8 Å². The minimum atomic E-state index is -3.45. The number of rotatable bonds is 7. The molecule has 0 radical (unpaired) electrons. The number of sulfonamides is 1. The Labute approximate surface area is 102 Å². The predicted molar refractivity (Wildman–Crippen MR) is 64.1 cm³/mol. The third-order valence-electron chi connectivity index (χ3n) is 2.50. The van der Waals surface area contributed by atoms with Crippen LogP contribution in [0.5, 0.6) is 0 Å². The number of aromatic amines is 1. The molecule has 0 saturated carbocycles. The van der Waals surface area contributed by atoms with Crippen molar-refractivity contribution in [2.75, 3.05) is 20.2 Å². The van der Waals surface area contributed by atoms with Crippen LogP contribution in [0.4, 0.5) is 0 Å². The molecule has 98 valence electrons. The summed E-state index contributed by atoms with van der Waals surface area (Å²) in [6.45, 7) is 2.30. The van der Waals surface area contributed by atoms with Gasteiger partial charge in [0.25, 0.3) is 10.0 Å². The zero-order valence-electron chi connectivity index (χ0n) is 10.2. The second kappa shape index (κ2) is 6.13. The molecule has 0 spiro atoms. The van der Waals surface area contributed by atoms with Gasteiger partial charge in [0.05, 0.1) is 6.20 Å². The monoisotopic (exact) mass is 261 g/mol. The largest absolute Gasteiger partial charge is 0.396 e. The van der Waals surface area contributed by atoms with Crippen LogP contribution in [0.25, 0.3) is 0 Å². The van der Waals surface area contributed by atoms with Crippen LogP contribution in [0, 0.1) is 6.92 Å². The molecule has 0 atom stereocenters. The Morgan fingerprint density at radius 1 is 1.41 bits per heavy atom. The highest BCUT2D eigenvalue weighted by Gasteiger charge is 2.22. The van der Waals surface area contributed by atoms with Crippen molar-refractivity contribution in [3.63, 3.8) is 0 Å². The highest BCUT2D eigenvalue weighted by molar-refractivity contribution is 7.89. The summed E-state index contributed by atoms with van der Waals surface area (Å²) in [6.07, 6.45) is 3.59. The molecule has 1 aromatic rings. The molecule has 0 bridgehead atoms. The van der Waals surface area contributed by atoms with E-state index >= 15 is 0 Å². The lowest BCUT2D eigenvalue weighted by Gasteiger charge is -2.15. The summed E-state index contributed by atoms with van der Waals surface area (Å²) >= 11 is 0. The first-order chi connectivity index (χ1) is 7.98. The van der Waals surface area contributed by atoms with Crippen LogP contribution in [0.3, 0.4) is 0 Å². The van der Waals surface area contributed by atoms with Gasteiger partial charge in [-0.25, -0.2) is 13.4 Å². The molecule has 0 unspecified atom stereocenters. The summed E-state index contributed by atoms with van der Waals surface area (Å²) < 4.78 is 25.3. The molecule has 0 saturated heterocycles. The quantitative estimate of drug-likeness (QED) is 0.700. The van der Waals surface area contributed by atoms with Crippen LogP contribution in [0.2, 0.25) is 0 Å². The lowest BCUT2D eigenvalue weighted by atomic mass is 10.2. The molecule has 0 aromatic carbocycles. The average Bonchev–Trinajstić information content (AvgIpc) is 2.71. The zero-order chi connectivity index (χ0) is 12.9. The average molecular weight is 261 g/mol. The molecular weight excluding hydrogens is 242 g/mol. The number of unbranched alkanes of at least 4 members (excludes halogenated alkanes) is 2. The van der Waals surface area contributed by atoms with Gasteiger partial charge in [0.1, 0.15) is 5.82 Å². The van der Waals surface area contributed by atoms with Crippen molar-refractivity contribution in [3.8, 4) is 0 Å². The number of H-pyrrole nitrogens is 1. The maximum absolute atomic E-state index is 12.0. The van der Waals surface area contributed by atoms with E-state index in [1.165, 1.54) is 10.5 Å². The molecule has 0 aliphatic rings. The van der Waals surface area contributed by atoms with E-state index in [1.807, 2.05) is 0 Å². The molecule has 1 aromatic heterocycles. The van der Waals surface area contributed by atoms with Crippen LogP contribution in [-0.2, 0) is 10.0 Å². The molecule has 6 nitrogen and oxygen atoms in total. The van der Waals surface area contributed by atoms with Crippen molar-refractivity contribution in [2.24, 2.45) is 0 Å². The summed E-state index contributed by atoms with van der Waals surface area (Å²) in [7, 11) is -1.91. The van der Waals surface area contributed by atoms with Gasteiger partial charge in [0, 0.05) is 20.2 Å². The van der Waals surface area contributed by atoms with E-state index in [0.29, 0.717) is 18.8 Å². The molecule has 2 N–H and O–H groups in total. The summed E-state index contributed by atoms with van der Waals surface area (Å²) in [5, 5.41) is 8.75. The first kappa shape index (κ1) is 14.1. The van der Waals surface area contributed by atoms with Gasteiger partial charge in [-0.15, -0.1) is 0 Å². The summed E-state index contributed by atoms with van der Waals surface area (Å²) in [4.78, 5) is 6.60. The second-order valence-corrected chi connectivity index (χ2v) is 5.96. The van der Waals surface area contributed by atoms with Gasteiger partial charge < -0.3 is 10.1 Å². The SMILES string of the molecule is Cc1ncc(S(=O)(=O)N(C)CCCCCO)[nH]1. The summed E-state index contributed by atoms with van der Waals surface area (Å²) in [5.74, 6) is 0.581. The maximum atomic E-state index is 12.0. The highest BCUT2D eigenvalue weighted by Crippen LogP contribution is 2.12. The number of aryl methyl sites for hydroxylation is 1. The van der Waals surface area contributed by atoms with Crippen molar-refractivity contribution in [3.05, 3.63) is 12.0 Å². The number of aliphatic hydroxyl groups is 1. The first-order valence-corrected chi connectivity index (χ1v) is 7.01. The van der Waals surface area contributed by atoms with Gasteiger partial charge in [-0.1, -0.05) is 0 Å². The van der Waals surface area contributed by atoms with E-state index in [1.54, 1.807) is 14.0 Å². The van der Waals surface area contributed by atoms with E-state index in [9.17, 15) is 8.42 Å². The van der Waals surface area contributed by atoms with Crippen molar-refractivity contribution in [2.45, 2.75) is 31.2 Å². The maximum Gasteiger partial charge on any atom is 0.259 e. The Morgan fingerprint density at radius 3 is 2.65 bits per heavy atom. The minimum absolute atomic E-state index is 0.125. The van der Waals surface area contributed by atoms with Gasteiger partial charge in [-0.3, -0.25) is 0 Å². The Hall–Kier alpha value is -0.920. The van der Waals surface area contributed by atoms with E-state index in [4.69, 9.17) is 5.11 Å². The molecule has 1 heterocycles. The fourth-order valence-corrected chi connectivity index (χ4v) is 2.61. The van der Waals surface area contributed by atoms with Gasteiger partial charge in [0.15, 0.2) is 5.03 Å². The first-order valence-electron chi connectivity index (χ1n) is 5.57. The van der Waals surface area contributed by atoms with Crippen LogP contribution < -0.4 is 0 Å². The third-order valence-corrected chi connectivity index (χ3v) is 4.27. The fourth-order valence-electron chi connectivity index (χ4n) is 1.44. The molecule has 0 aliphatic carbocycles. The normalized spacial score (nSPS) is 12.2. The van der Waals surface area contributed by atoms with E-state index in [-0.39, 0.29) is 11.6 Å². The van der Waals surface area contributed by atoms with Crippen LogP contribution in [-0.4, -0.2) is 48.0 Å². The van der Waals surface area contributed by atoms with Crippen molar-refractivity contribution in [1.82, 2.24) is 14.3 Å². The van der Waals surface area contributed by atoms with Crippen molar-refractivity contribution < 1.29 is 13.5 Å². The molecular formula is C10H19N3O3S. The Kier molecular flexibility index (Phi) is 5.10. The van der Waals surface area contributed by atoms with Crippen molar-refractivity contribution >= 4 is 10.0 Å². The summed E-state index contributed by atoms with van der Waals surface area (Å²) in [5.41, 5.74) is 0. The van der Waals surface area contributed by atoms with E-state index in [2.05, 4.69) is 9.97 Å². The third kappa shape index (κ3) is 3.79. The minimum Gasteiger partial charge on any atom is -0.396 e. The Balaban J connectivity index is 2.58. The number of nitrogens with zero attached hydrogens (tertiary/aromatic N) is 2. The molecule has 17 heavy (non-hydrogen) atoms. The van der Waals surface area contributed by atoms with Crippen LogP contribution in [0.1, 0.15) is 25.1 Å².